The van der Waals surface area contributed by atoms with Crippen LogP contribution in [0.3, 0.4) is 0 Å². The molecule has 0 unspecified atom stereocenters. The van der Waals surface area contributed by atoms with Crippen LogP contribution in [0.15, 0.2) is 29.8 Å². The molecule has 1 aromatic carbocycles. The van der Waals surface area contributed by atoms with E-state index in [1.165, 1.54) is 6.08 Å². The van der Waals surface area contributed by atoms with Crippen LogP contribution < -0.4 is 15.8 Å². The third-order valence-electron chi connectivity index (χ3n) is 2.10. The van der Waals surface area contributed by atoms with Gasteiger partial charge in [-0.2, -0.15) is 5.26 Å². The maximum absolute atomic E-state index is 11.4. The minimum Gasteiger partial charge on any atom is -0.494 e. The normalized spacial score (nSPS) is 10.4. The first-order valence-electron chi connectivity index (χ1n) is 5.52. The van der Waals surface area contributed by atoms with Crippen molar-refractivity contribution in [2.45, 2.75) is 6.92 Å². The Morgan fingerprint density at radius 1 is 1.42 bits per heavy atom. The fourth-order valence-corrected chi connectivity index (χ4v) is 1.32. The van der Waals surface area contributed by atoms with Gasteiger partial charge in [-0.1, -0.05) is 12.1 Å². The van der Waals surface area contributed by atoms with Crippen LogP contribution in [-0.2, 0) is 4.79 Å². The van der Waals surface area contributed by atoms with Crippen LogP contribution in [0.25, 0.3) is 6.08 Å². The number of carbonyl (C=O) groups is 2. The van der Waals surface area contributed by atoms with Crippen molar-refractivity contribution in [1.29, 1.82) is 5.26 Å². The molecule has 0 saturated heterocycles. The maximum Gasteiger partial charge on any atom is 0.319 e. The number of carbonyl (C=O) groups excluding carboxylic acids is 2. The Morgan fingerprint density at radius 3 is 2.53 bits per heavy atom. The summed E-state index contributed by atoms with van der Waals surface area (Å²) >= 11 is 0. The first kappa shape index (κ1) is 14.3. The van der Waals surface area contributed by atoms with E-state index in [1.807, 2.05) is 12.2 Å². The quantitative estimate of drug-likeness (QED) is 0.625. The lowest BCUT2D eigenvalue weighted by molar-refractivity contribution is -0.115. The van der Waals surface area contributed by atoms with Crippen LogP contribution in [0.1, 0.15) is 12.5 Å². The Bertz CT molecular complexity index is 541. The van der Waals surface area contributed by atoms with E-state index < -0.39 is 11.9 Å². The Kier molecular flexibility index (Phi) is 5.11. The van der Waals surface area contributed by atoms with E-state index in [2.05, 4.69) is 0 Å². The Morgan fingerprint density at radius 2 is 2.05 bits per heavy atom. The number of nitrogens with zero attached hydrogens (tertiary/aromatic N) is 1. The molecule has 0 fully saturated rings. The predicted molar refractivity (Wildman–Crippen MR) is 68.9 cm³/mol. The zero-order chi connectivity index (χ0) is 14.3. The highest BCUT2D eigenvalue weighted by Gasteiger charge is 2.10. The molecule has 0 aliphatic rings. The third kappa shape index (κ3) is 4.52. The number of ether oxygens (including phenoxy) is 1. The molecule has 0 aliphatic carbocycles. The Labute approximate surface area is 110 Å². The molecule has 1 rings (SSSR count). The summed E-state index contributed by atoms with van der Waals surface area (Å²) in [6.45, 7) is 2.43. The Balaban J connectivity index is 2.89. The van der Waals surface area contributed by atoms with E-state index >= 15 is 0 Å². The predicted octanol–water partition coefficient (Wildman–Crippen LogP) is 1.19. The fourth-order valence-electron chi connectivity index (χ4n) is 1.32. The summed E-state index contributed by atoms with van der Waals surface area (Å²) in [5, 5.41) is 10.7. The molecule has 1 aromatic rings. The van der Waals surface area contributed by atoms with Crippen LogP contribution in [0.4, 0.5) is 4.79 Å². The molecular formula is C13H13N3O3. The summed E-state index contributed by atoms with van der Waals surface area (Å²) in [5.41, 5.74) is 5.24. The van der Waals surface area contributed by atoms with E-state index in [0.29, 0.717) is 17.9 Å². The zero-order valence-electron chi connectivity index (χ0n) is 10.3. The number of urea groups is 1. The van der Waals surface area contributed by atoms with E-state index in [1.54, 1.807) is 30.3 Å². The van der Waals surface area contributed by atoms with E-state index in [9.17, 15) is 9.59 Å². The molecule has 3 amide bonds. The molecule has 19 heavy (non-hydrogen) atoms. The lowest BCUT2D eigenvalue weighted by atomic mass is 10.1. The average Bonchev–Trinajstić information content (AvgIpc) is 2.37. The van der Waals surface area contributed by atoms with E-state index in [0.717, 1.165) is 0 Å². The van der Waals surface area contributed by atoms with Gasteiger partial charge >= 0.3 is 6.03 Å². The molecule has 0 spiro atoms. The third-order valence-corrected chi connectivity index (χ3v) is 2.10. The van der Waals surface area contributed by atoms with Gasteiger partial charge in [0.15, 0.2) is 0 Å². The second-order valence-electron chi connectivity index (χ2n) is 3.49. The maximum atomic E-state index is 11.4. The number of amides is 3. The second-order valence-corrected chi connectivity index (χ2v) is 3.49. The van der Waals surface area contributed by atoms with Crippen molar-refractivity contribution >= 4 is 18.0 Å². The molecule has 0 aromatic heterocycles. The number of primary amides is 1. The molecule has 0 bridgehead atoms. The smallest absolute Gasteiger partial charge is 0.319 e. The molecule has 0 atom stereocenters. The highest BCUT2D eigenvalue weighted by atomic mass is 16.5. The number of hydrogen-bond donors (Lipinski definition) is 2. The number of benzene rings is 1. The topological polar surface area (TPSA) is 105 Å². The monoisotopic (exact) mass is 259 g/mol. The highest BCUT2D eigenvalue weighted by Crippen LogP contribution is 2.14. The molecular weight excluding hydrogens is 246 g/mol. The summed E-state index contributed by atoms with van der Waals surface area (Å²) in [5.74, 6) is -0.136. The zero-order valence-corrected chi connectivity index (χ0v) is 10.3. The van der Waals surface area contributed by atoms with Crippen LogP contribution in [0.2, 0.25) is 0 Å². The number of rotatable bonds is 4. The first-order chi connectivity index (χ1) is 9.06. The van der Waals surface area contributed by atoms with Crippen molar-refractivity contribution in [2.75, 3.05) is 6.61 Å². The van der Waals surface area contributed by atoms with Crippen molar-refractivity contribution in [2.24, 2.45) is 5.73 Å². The van der Waals surface area contributed by atoms with Crippen molar-refractivity contribution < 1.29 is 14.3 Å². The van der Waals surface area contributed by atoms with Crippen molar-refractivity contribution in [1.82, 2.24) is 5.32 Å². The largest absolute Gasteiger partial charge is 0.494 e. The summed E-state index contributed by atoms with van der Waals surface area (Å²) in [6.07, 6.45) is 1.36. The average molecular weight is 259 g/mol. The first-order valence-corrected chi connectivity index (χ1v) is 5.52. The molecule has 98 valence electrons. The molecule has 0 aliphatic heterocycles. The van der Waals surface area contributed by atoms with Gasteiger partial charge in [0.25, 0.3) is 5.91 Å². The fraction of sp³-hybridized carbons (Fsp3) is 0.154. The van der Waals surface area contributed by atoms with Crippen LogP contribution >= 0.6 is 0 Å². The van der Waals surface area contributed by atoms with Gasteiger partial charge in [-0.25, -0.2) is 4.79 Å². The SMILES string of the molecule is CCOc1ccc(/C=C(/C#N)C(=O)NC(N)=O)cc1. The van der Waals surface area contributed by atoms with Gasteiger partial charge < -0.3 is 10.5 Å². The van der Waals surface area contributed by atoms with Crippen molar-refractivity contribution in [3.05, 3.63) is 35.4 Å². The highest BCUT2D eigenvalue weighted by molar-refractivity contribution is 6.08. The van der Waals surface area contributed by atoms with Gasteiger partial charge in [-0.15, -0.1) is 0 Å². The number of nitriles is 1. The summed E-state index contributed by atoms with van der Waals surface area (Å²) in [7, 11) is 0. The number of nitrogens with two attached hydrogens (primary N) is 1. The summed E-state index contributed by atoms with van der Waals surface area (Å²) < 4.78 is 5.27. The standard InChI is InChI=1S/C13H13N3O3/c1-2-19-11-5-3-9(4-6-11)7-10(8-14)12(17)16-13(15)18/h3-7H,2H2,1H3,(H3,15,16,17,18)/b10-7-. The van der Waals surface area contributed by atoms with Gasteiger partial charge in [0.1, 0.15) is 17.4 Å². The summed E-state index contributed by atoms with van der Waals surface area (Å²) in [6, 6.07) is 7.53. The summed E-state index contributed by atoms with van der Waals surface area (Å²) in [4.78, 5) is 22.0. The van der Waals surface area contributed by atoms with Crippen LogP contribution in [-0.4, -0.2) is 18.5 Å². The van der Waals surface area contributed by atoms with Crippen molar-refractivity contribution in [3.8, 4) is 11.8 Å². The van der Waals surface area contributed by atoms with Gasteiger partial charge in [-0.05, 0) is 30.7 Å². The van der Waals surface area contributed by atoms with Crippen molar-refractivity contribution in [3.63, 3.8) is 0 Å². The number of hydrogen-bond acceptors (Lipinski definition) is 4. The lowest BCUT2D eigenvalue weighted by Crippen LogP contribution is -2.35. The lowest BCUT2D eigenvalue weighted by Gasteiger charge is -2.03. The van der Waals surface area contributed by atoms with Gasteiger partial charge in [-0.3, -0.25) is 10.1 Å². The molecule has 0 saturated carbocycles. The van der Waals surface area contributed by atoms with E-state index in [4.69, 9.17) is 15.7 Å². The number of nitrogens with one attached hydrogen (secondary N) is 1. The molecule has 0 heterocycles. The molecule has 0 radical (unpaired) electrons. The minimum atomic E-state index is -1.00. The number of imide groups is 1. The van der Waals surface area contributed by atoms with Gasteiger partial charge in [0.05, 0.1) is 6.61 Å². The van der Waals surface area contributed by atoms with Crippen LogP contribution in [0, 0.1) is 11.3 Å². The van der Waals surface area contributed by atoms with Gasteiger partial charge in [0, 0.05) is 0 Å². The molecule has 6 heteroatoms. The second kappa shape index (κ2) is 6.81. The molecule has 3 N–H and O–H groups in total. The molecule has 6 nitrogen and oxygen atoms in total. The Hall–Kier alpha value is -2.81. The minimum absolute atomic E-state index is 0.206. The van der Waals surface area contributed by atoms with E-state index in [-0.39, 0.29) is 5.57 Å². The van der Waals surface area contributed by atoms with Crippen LogP contribution in [0.5, 0.6) is 5.75 Å². The van der Waals surface area contributed by atoms with Gasteiger partial charge in [0.2, 0.25) is 0 Å².